The first-order valence-electron chi connectivity index (χ1n) is 5.92. The predicted molar refractivity (Wildman–Crippen MR) is 77.8 cm³/mol. The lowest BCUT2D eigenvalue weighted by Crippen LogP contribution is -2.16. The van der Waals surface area contributed by atoms with Crippen LogP contribution in [0, 0.1) is 15.9 Å². The fourth-order valence-electron chi connectivity index (χ4n) is 2.07. The summed E-state index contributed by atoms with van der Waals surface area (Å²) >= 11 is 3.25. The van der Waals surface area contributed by atoms with E-state index < -0.39 is 16.8 Å². The zero-order chi connectivity index (χ0) is 14.7. The number of nitro groups is 1. The van der Waals surface area contributed by atoms with Crippen molar-refractivity contribution in [1.29, 1.82) is 0 Å². The molecule has 1 unspecified atom stereocenters. The van der Waals surface area contributed by atoms with E-state index in [2.05, 4.69) is 15.9 Å². The Morgan fingerprint density at radius 2 is 1.95 bits per heavy atom. The highest BCUT2D eigenvalue weighted by Gasteiger charge is 2.20. The highest BCUT2D eigenvalue weighted by atomic mass is 79.9. The van der Waals surface area contributed by atoms with Crippen LogP contribution in [0.25, 0.3) is 0 Å². The van der Waals surface area contributed by atoms with Crippen LogP contribution in [-0.4, -0.2) is 4.92 Å². The average molecular weight is 339 g/mol. The van der Waals surface area contributed by atoms with Gasteiger partial charge in [-0.3, -0.25) is 10.1 Å². The maximum absolute atomic E-state index is 13.8. The number of benzene rings is 2. The highest BCUT2D eigenvalue weighted by Crippen LogP contribution is 2.29. The fraction of sp³-hybridized carbons (Fsp3) is 0.143. The Kier molecular flexibility index (Phi) is 4.46. The van der Waals surface area contributed by atoms with E-state index in [1.54, 1.807) is 30.3 Å². The summed E-state index contributed by atoms with van der Waals surface area (Å²) < 4.78 is 14.4. The lowest BCUT2D eigenvalue weighted by atomic mass is 9.98. The van der Waals surface area contributed by atoms with E-state index in [1.807, 2.05) is 0 Å². The molecular formula is C14H12BrFN2O2. The van der Waals surface area contributed by atoms with Gasteiger partial charge in [0.1, 0.15) is 5.82 Å². The number of nitrogens with two attached hydrogens (primary N) is 1. The standard InChI is InChI=1S/C14H12BrFN2O2/c15-10-5-3-6-11(16)14(10)12(17)8-9-4-1-2-7-13(9)18(19)20/h1-7,12H,8,17H2. The summed E-state index contributed by atoms with van der Waals surface area (Å²) in [6.07, 6.45) is 0.191. The van der Waals surface area contributed by atoms with Crippen molar-refractivity contribution in [2.45, 2.75) is 12.5 Å². The molecule has 0 saturated carbocycles. The van der Waals surface area contributed by atoms with Crippen molar-refractivity contribution in [3.63, 3.8) is 0 Å². The smallest absolute Gasteiger partial charge is 0.272 e. The molecule has 0 spiro atoms. The van der Waals surface area contributed by atoms with Crippen LogP contribution in [0.5, 0.6) is 0 Å². The van der Waals surface area contributed by atoms with Crippen LogP contribution in [0.15, 0.2) is 46.9 Å². The van der Waals surface area contributed by atoms with Gasteiger partial charge in [-0.1, -0.05) is 40.2 Å². The second-order valence-electron chi connectivity index (χ2n) is 4.33. The van der Waals surface area contributed by atoms with Crippen LogP contribution in [0.4, 0.5) is 10.1 Å². The fourth-order valence-corrected chi connectivity index (χ4v) is 2.70. The second kappa shape index (κ2) is 6.11. The van der Waals surface area contributed by atoms with Gasteiger partial charge in [0.2, 0.25) is 0 Å². The van der Waals surface area contributed by atoms with Crippen molar-refractivity contribution >= 4 is 21.6 Å². The molecular weight excluding hydrogens is 327 g/mol. The third-order valence-corrected chi connectivity index (χ3v) is 3.69. The Hall–Kier alpha value is -1.79. The van der Waals surface area contributed by atoms with Crippen LogP contribution in [-0.2, 0) is 6.42 Å². The molecule has 4 nitrogen and oxygen atoms in total. The van der Waals surface area contributed by atoms with E-state index in [0.717, 1.165) is 0 Å². The Morgan fingerprint density at radius 3 is 2.60 bits per heavy atom. The minimum absolute atomic E-state index is 0.00425. The molecule has 0 heterocycles. The number of hydrogen-bond donors (Lipinski definition) is 1. The molecule has 2 aromatic rings. The normalized spacial score (nSPS) is 12.2. The predicted octanol–water partition coefficient (Wildman–Crippen LogP) is 3.74. The van der Waals surface area contributed by atoms with Gasteiger partial charge in [0.15, 0.2) is 0 Å². The first kappa shape index (κ1) is 14.6. The molecule has 104 valence electrons. The molecule has 0 fully saturated rings. The van der Waals surface area contributed by atoms with E-state index in [-0.39, 0.29) is 12.1 Å². The molecule has 6 heteroatoms. The SMILES string of the molecule is NC(Cc1ccccc1[N+](=O)[O-])c1c(F)cccc1Br. The quantitative estimate of drug-likeness (QED) is 0.681. The number of para-hydroxylation sites is 1. The van der Waals surface area contributed by atoms with Crippen LogP contribution in [0.1, 0.15) is 17.2 Å². The summed E-state index contributed by atoms with van der Waals surface area (Å²) in [5.74, 6) is -0.426. The van der Waals surface area contributed by atoms with Crippen molar-refractivity contribution in [2.24, 2.45) is 5.73 Å². The van der Waals surface area contributed by atoms with Gasteiger partial charge >= 0.3 is 0 Å². The summed E-state index contributed by atoms with van der Waals surface area (Å²) in [6.45, 7) is 0. The molecule has 0 bridgehead atoms. The number of nitro benzene ring substituents is 1. The van der Waals surface area contributed by atoms with Crippen LogP contribution in [0.2, 0.25) is 0 Å². The third kappa shape index (κ3) is 3.02. The van der Waals surface area contributed by atoms with E-state index >= 15 is 0 Å². The van der Waals surface area contributed by atoms with Crippen LogP contribution < -0.4 is 5.73 Å². The highest BCUT2D eigenvalue weighted by molar-refractivity contribution is 9.10. The second-order valence-corrected chi connectivity index (χ2v) is 5.19. The first-order chi connectivity index (χ1) is 9.50. The van der Waals surface area contributed by atoms with Crippen molar-refractivity contribution in [2.75, 3.05) is 0 Å². The molecule has 0 aliphatic rings. The van der Waals surface area contributed by atoms with Gasteiger partial charge in [0.05, 0.1) is 4.92 Å². The Morgan fingerprint density at radius 1 is 1.25 bits per heavy atom. The van der Waals surface area contributed by atoms with Crippen molar-refractivity contribution in [3.8, 4) is 0 Å². The Bertz CT molecular complexity index is 629. The molecule has 2 N–H and O–H groups in total. The molecule has 0 aliphatic heterocycles. The summed E-state index contributed by atoms with van der Waals surface area (Å²) in [5, 5.41) is 11.0. The molecule has 2 rings (SSSR count). The van der Waals surface area contributed by atoms with Gasteiger partial charge in [-0.25, -0.2) is 4.39 Å². The number of hydrogen-bond acceptors (Lipinski definition) is 3. The minimum Gasteiger partial charge on any atom is -0.324 e. The molecule has 0 saturated heterocycles. The minimum atomic E-state index is -0.660. The topological polar surface area (TPSA) is 69.2 Å². The summed E-state index contributed by atoms with van der Waals surface area (Å²) in [7, 11) is 0. The van der Waals surface area contributed by atoms with E-state index in [1.165, 1.54) is 12.1 Å². The van der Waals surface area contributed by atoms with Gasteiger partial charge in [-0.15, -0.1) is 0 Å². The molecule has 0 radical (unpaired) electrons. The zero-order valence-corrected chi connectivity index (χ0v) is 12.0. The largest absolute Gasteiger partial charge is 0.324 e. The lowest BCUT2D eigenvalue weighted by molar-refractivity contribution is -0.385. The van der Waals surface area contributed by atoms with Gasteiger partial charge < -0.3 is 5.73 Å². The van der Waals surface area contributed by atoms with Crippen molar-refractivity contribution in [1.82, 2.24) is 0 Å². The van der Waals surface area contributed by atoms with Crippen molar-refractivity contribution in [3.05, 3.63) is 74.0 Å². The molecule has 0 aromatic heterocycles. The zero-order valence-electron chi connectivity index (χ0n) is 10.4. The van der Waals surface area contributed by atoms with Crippen LogP contribution in [0.3, 0.4) is 0 Å². The van der Waals surface area contributed by atoms with Gasteiger partial charge in [-0.05, 0) is 18.6 Å². The molecule has 0 amide bonds. The van der Waals surface area contributed by atoms with Gasteiger partial charge in [-0.2, -0.15) is 0 Å². The first-order valence-corrected chi connectivity index (χ1v) is 6.71. The molecule has 1 atom stereocenters. The lowest BCUT2D eigenvalue weighted by Gasteiger charge is -2.15. The summed E-state index contributed by atoms with van der Waals surface area (Å²) in [5.41, 5.74) is 6.81. The van der Waals surface area contributed by atoms with E-state index in [9.17, 15) is 14.5 Å². The summed E-state index contributed by atoms with van der Waals surface area (Å²) in [6, 6.07) is 10.3. The van der Waals surface area contributed by atoms with Gasteiger partial charge in [0.25, 0.3) is 5.69 Å². The molecule has 2 aromatic carbocycles. The third-order valence-electron chi connectivity index (χ3n) is 3.00. The van der Waals surface area contributed by atoms with E-state index in [4.69, 9.17) is 5.73 Å². The van der Waals surface area contributed by atoms with E-state index in [0.29, 0.717) is 15.6 Å². The van der Waals surface area contributed by atoms with Gasteiger partial charge in [0, 0.05) is 27.7 Å². The molecule has 0 aliphatic carbocycles. The maximum Gasteiger partial charge on any atom is 0.272 e. The maximum atomic E-state index is 13.8. The Balaban J connectivity index is 2.33. The number of rotatable bonds is 4. The number of nitrogens with zero attached hydrogens (tertiary/aromatic N) is 1. The Labute approximate surface area is 123 Å². The molecule has 20 heavy (non-hydrogen) atoms. The summed E-state index contributed by atoms with van der Waals surface area (Å²) in [4.78, 5) is 10.5. The van der Waals surface area contributed by atoms with Crippen molar-refractivity contribution < 1.29 is 9.31 Å². The average Bonchev–Trinajstić information content (AvgIpc) is 2.38. The van der Waals surface area contributed by atoms with Crippen LogP contribution >= 0.6 is 15.9 Å². The monoisotopic (exact) mass is 338 g/mol. The number of halogens is 2.